The summed E-state index contributed by atoms with van der Waals surface area (Å²) in [4.78, 5) is 19.0. The number of aromatic amines is 2. The number of rotatable bonds is 3. The minimum Gasteiger partial charge on any atom is -0.309 e. The third-order valence-corrected chi connectivity index (χ3v) is 3.32. The second kappa shape index (κ2) is 4.61. The lowest BCUT2D eigenvalue weighted by atomic mass is 10.2. The van der Waals surface area contributed by atoms with Gasteiger partial charge in [0.25, 0.3) is 5.56 Å². The number of hydrogen-bond donors (Lipinski definition) is 2. The normalized spacial score (nSPS) is 10.9. The Kier molecular flexibility index (Phi) is 2.81. The first kappa shape index (κ1) is 11.0. The summed E-state index contributed by atoms with van der Waals surface area (Å²) in [6.45, 7) is 0. The molecule has 2 N–H and O–H groups in total. The van der Waals surface area contributed by atoms with Crippen molar-refractivity contribution in [2.75, 3.05) is 0 Å². The highest BCUT2D eigenvalue weighted by atomic mass is 32.2. The van der Waals surface area contributed by atoms with Gasteiger partial charge in [-0.1, -0.05) is 23.9 Å². The molecule has 3 rings (SSSR count). The molecule has 0 bridgehead atoms. The monoisotopic (exact) mass is 259 g/mol. The fourth-order valence-corrected chi connectivity index (χ4v) is 2.26. The molecule has 0 aliphatic carbocycles. The van der Waals surface area contributed by atoms with Crippen molar-refractivity contribution in [1.82, 2.24) is 25.4 Å². The van der Waals surface area contributed by atoms with Gasteiger partial charge in [0.2, 0.25) is 0 Å². The van der Waals surface area contributed by atoms with Crippen molar-refractivity contribution in [3.8, 4) is 0 Å². The van der Waals surface area contributed by atoms with Crippen LogP contribution in [0.2, 0.25) is 0 Å². The van der Waals surface area contributed by atoms with Crippen LogP contribution in [-0.2, 0) is 5.75 Å². The Morgan fingerprint density at radius 3 is 3.00 bits per heavy atom. The first-order valence-electron chi connectivity index (χ1n) is 5.29. The first-order valence-corrected chi connectivity index (χ1v) is 6.28. The third-order valence-electron chi connectivity index (χ3n) is 2.41. The van der Waals surface area contributed by atoms with Crippen molar-refractivity contribution in [1.29, 1.82) is 0 Å². The summed E-state index contributed by atoms with van der Waals surface area (Å²) in [6.07, 6.45) is 1.63. The fraction of sp³-hybridized carbons (Fsp3) is 0.0909. The van der Waals surface area contributed by atoms with Crippen LogP contribution in [0.3, 0.4) is 0 Å². The van der Waals surface area contributed by atoms with E-state index in [1.54, 1.807) is 12.3 Å². The molecule has 0 atom stereocenters. The van der Waals surface area contributed by atoms with E-state index < -0.39 is 0 Å². The molecule has 1 aromatic carbocycles. The van der Waals surface area contributed by atoms with E-state index in [-0.39, 0.29) is 5.56 Å². The van der Waals surface area contributed by atoms with Gasteiger partial charge in [0, 0.05) is 0 Å². The lowest BCUT2D eigenvalue weighted by Crippen LogP contribution is -2.11. The number of nitrogens with one attached hydrogen (secondary N) is 2. The maximum atomic E-state index is 11.8. The van der Waals surface area contributed by atoms with E-state index in [2.05, 4.69) is 25.4 Å². The number of aromatic nitrogens is 5. The summed E-state index contributed by atoms with van der Waals surface area (Å²) in [7, 11) is 0. The molecule has 0 unspecified atom stereocenters. The van der Waals surface area contributed by atoms with E-state index in [4.69, 9.17) is 0 Å². The van der Waals surface area contributed by atoms with Crippen molar-refractivity contribution in [3.05, 3.63) is 46.6 Å². The fourth-order valence-electron chi connectivity index (χ4n) is 1.61. The van der Waals surface area contributed by atoms with Crippen LogP contribution in [0.4, 0.5) is 0 Å². The SMILES string of the molecule is O=c1[nH]c(CSc2cn[nH]n2)nc2ccccc12. The number of thioether (sulfide) groups is 1. The van der Waals surface area contributed by atoms with E-state index >= 15 is 0 Å². The average molecular weight is 259 g/mol. The minimum atomic E-state index is -0.114. The molecule has 0 fully saturated rings. The smallest absolute Gasteiger partial charge is 0.258 e. The van der Waals surface area contributed by atoms with E-state index in [0.29, 0.717) is 22.5 Å². The van der Waals surface area contributed by atoms with E-state index in [9.17, 15) is 4.79 Å². The Hall–Kier alpha value is -2.15. The standard InChI is InChI=1S/C11H9N5OS/c17-11-7-3-1-2-4-8(7)13-9(14-11)6-18-10-5-12-16-15-10/h1-5H,6H2,(H,12,15,16)(H,13,14,17). The minimum absolute atomic E-state index is 0.114. The lowest BCUT2D eigenvalue weighted by molar-refractivity contribution is 0.910. The Morgan fingerprint density at radius 1 is 1.28 bits per heavy atom. The molecule has 2 aromatic heterocycles. The molecule has 0 aliphatic rings. The zero-order valence-corrected chi connectivity index (χ0v) is 10.1. The lowest BCUT2D eigenvalue weighted by Gasteiger charge is -2.01. The van der Waals surface area contributed by atoms with Gasteiger partial charge in [-0.15, -0.1) is 5.10 Å². The second-order valence-electron chi connectivity index (χ2n) is 3.63. The number of hydrogen-bond acceptors (Lipinski definition) is 5. The number of nitrogens with zero attached hydrogens (tertiary/aromatic N) is 3. The molecule has 0 spiro atoms. The molecule has 18 heavy (non-hydrogen) atoms. The second-order valence-corrected chi connectivity index (χ2v) is 4.62. The van der Waals surface area contributed by atoms with Gasteiger partial charge in [-0.3, -0.25) is 4.79 Å². The van der Waals surface area contributed by atoms with Crippen LogP contribution in [-0.4, -0.2) is 25.4 Å². The van der Waals surface area contributed by atoms with Gasteiger partial charge in [-0.2, -0.15) is 10.3 Å². The quantitative estimate of drug-likeness (QED) is 0.693. The largest absolute Gasteiger partial charge is 0.309 e. The van der Waals surface area contributed by atoms with Crippen LogP contribution in [0, 0.1) is 0 Å². The Bertz CT molecular complexity index is 722. The summed E-state index contributed by atoms with van der Waals surface area (Å²) in [5.41, 5.74) is 0.591. The molecule has 2 heterocycles. The number of para-hydroxylation sites is 1. The molecular formula is C11H9N5OS. The summed E-state index contributed by atoms with van der Waals surface area (Å²) in [5.74, 6) is 1.18. The van der Waals surface area contributed by atoms with Crippen molar-refractivity contribution >= 4 is 22.7 Å². The summed E-state index contributed by atoms with van der Waals surface area (Å²) >= 11 is 1.46. The topological polar surface area (TPSA) is 87.3 Å². The predicted octanol–water partition coefficient (Wildman–Crippen LogP) is 1.33. The van der Waals surface area contributed by atoms with Gasteiger partial charge in [0.1, 0.15) is 10.9 Å². The van der Waals surface area contributed by atoms with Crippen molar-refractivity contribution < 1.29 is 0 Å². The molecule has 0 radical (unpaired) electrons. The van der Waals surface area contributed by atoms with Crippen LogP contribution in [0.5, 0.6) is 0 Å². The highest BCUT2D eigenvalue weighted by molar-refractivity contribution is 7.98. The van der Waals surface area contributed by atoms with Crippen molar-refractivity contribution in [3.63, 3.8) is 0 Å². The van der Waals surface area contributed by atoms with Crippen molar-refractivity contribution in [2.45, 2.75) is 10.8 Å². The van der Waals surface area contributed by atoms with Gasteiger partial charge < -0.3 is 4.98 Å². The molecule has 3 aromatic rings. The predicted molar refractivity (Wildman–Crippen MR) is 68.3 cm³/mol. The Balaban J connectivity index is 1.91. The molecular weight excluding hydrogens is 250 g/mol. The molecule has 90 valence electrons. The Labute approximate surface area is 106 Å². The van der Waals surface area contributed by atoms with Gasteiger partial charge in [0.15, 0.2) is 0 Å². The summed E-state index contributed by atoms with van der Waals surface area (Å²) in [5, 5.41) is 11.5. The highest BCUT2D eigenvalue weighted by Gasteiger charge is 2.04. The van der Waals surface area contributed by atoms with E-state index in [1.165, 1.54) is 11.8 Å². The van der Waals surface area contributed by atoms with E-state index in [1.807, 2.05) is 18.2 Å². The maximum absolute atomic E-state index is 11.8. The van der Waals surface area contributed by atoms with Gasteiger partial charge in [0.05, 0.1) is 22.9 Å². The van der Waals surface area contributed by atoms with Crippen LogP contribution < -0.4 is 5.56 Å². The summed E-state index contributed by atoms with van der Waals surface area (Å²) in [6, 6.07) is 7.27. The zero-order chi connectivity index (χ0) is 12.4. The van der Waals surface area contributed by atoms with E-state index in [0.717, 1.165) is 5.03 Å². The Morgan fingerprint density at radius 2 is 2.17 bits per heavy atom. The summed E-state index contributed by atoms with van der Waals surface area (Å²) < 4.78 is 0. The molecule has 0 aliphatic heterocycles. The zero-order valence-electron chi connectivity index (χ0n) is 9.25. The third kappa shape index (κ3) is 2.12. The van der Waals surface area contributed by atoms with Gasteiger partial charge >= 0.3 is 0 Å². The number of H-pyrrole nitrogens is 2. The van der Waals surface area contributed by atoms with Crippen molar-refractivity contribution in [2.24, 2.45) is 0 Å². The average Bonchev–Trinajstić information content (AvgIpc) is 2.90. The van der Waals surface area contributed by atoms with Crippen LogP contribution in [0.15, 0.2) is 40.3 Å². The molecule has 7 heteroatoms. The number of fused-ring (bicyclic) bond motifs is 1. The molecule has 0 saturated carbocycles. The van der Waals surface area contributed by atoms with Crippen LogP contribution in [0.25, 0.3) is 10.9 Å². The highest BCUT2D eigenvalue weighted by Crippen LogP contribution is 2.17. The molecule has 6 nitrogen and oxygen atoms in total. The maximum Gasteiger partial charge on any atom is 0.258 e. The van der Waals surface area contributed by atoms with Crippen LogP contribution >= 0.6 is 11.8 Å². The first-order chi connectivity index (χ1) is 8.83. The van der Waals surface area contributed by atoms with Crippen LogP contribution in [0.1, 0.15) is 5.82 Å². The molecule has 0 saturated heterocycles. The number of benzene rings is 1. The van der Waals surface area contributed by atoms with Gasteiger partial charge in [-0.25, -0.2) is 4.98 Å². The molecule has 0 amide bonds. The van der Waals surface area contributed by atoms with Gasteiger partial charge in [-0.05, 0) is 12.1 Å².